The summed E-state index contributed by atoms with van der Waals surface area (Å²) in [6.07, 6.45) is 0. The second-order valence-corrected chi connectivity index (χ2v) is 6.79. The SMILES string of the molecule is COCCn1c(C)cc2cc(NC(=O)N(C)Cc3c(C)noc3C)ccc21. The summed E-state index contributed by atoms with van der Waals surface area (Å²) in [7, 11) is 3.46. The van der Waals surface area contributed by atoms with E-state index in [2.05, 4.69) is 28.0 Å². The number of nitrogens with zero attached hydrogens (tertiary/aromatic N) is 3. The van der Waals surface area contributed by atoms with Crippen molar-refractivity contribution in [3.05, 3.63) is 47.0 Å². The zero-order chi connectivity index (χ0) is 19.6. The summed E-state index contributed by atoms with van der Waals surface area (Å²) in [5.74, 6) is 0.737. The summed E-state index contributed by atoms with van der Waals surface area (Å²) in [5.41, 5.74) is 4.81. The van der Waals surface area contributed by atoms with E-state index in [1.165, 1.54) is 5.69 Å². The number of carbonyl (C=O) groups excluding carboxylic acids is 1. The number of aromatic nitrogens is 2. The van der Waals surface area contributed by atoms with Crippen LogP contribution in [0.5, 0.6) is 0 Å². The van der Waals surface area contributed by atoms with Gasteiger partial charge in [0.2, 0.25) is 0 Å². The molecule has 144 valence electrons. The van der Waals surface area contributed by atoms with Crippen molar-refractivity contribution in [3.8, 4) is 0 Å². The first-order chi connectivity index (χ1) is 12.9. The molecule has 27 heavy (non-hydrogen) atoms. The van der Waals surface area contributed by atoms with Gasteiger partial charge in [-0.1, -0.05) is 5.16 Å². The van der Waals surface area contributed by atoms with Gasteiger partial charge in [-0.25, -0.2) is 4.79 Å². The Labute approximate surface area is 158 Å². The van der Waals surface area contributed by atoms with E-state index in [0.29, 0.717) is 13.2 Å². The minimum absolute atomic E-state index is 0.176. The topological polar surface area (TPSA) is 72.5 Å². The number of carbonyl (C=O) groups is 1. The number of rotatable bonds is 6. The van der Waals surface area contributed by atoms with E-state index in [0.717, 1.165) is 40.2 Å². The van der Waals surface area contributed by atoms with Gasteiger partial charge in [-0.3, -0.25) is 0 Å². The molecular formula is C20H26N4O3. The van der Waals surface area contributed by atoms with Gasteiger partial charge in [-0.2, -0.15) is 0 Å². The quantitative estimate of drug-likeness (QED) is 0.715. The van der Waals surface area contributed by atoms with Crippen LogP contribution in [0.2, 0.25) is 0 Å². The van der Waals surface area contributed by atoms with Crippen molar-refractivity contribution in [1.29, 1.82) is 0 Å². The Kier molecular flexibility index (Phi) is 5.51. The van der Waals surface area contributed by atoms with Gasteiger partial charge in [0.05, 0.1) is 18.8 Å². The molecule has 0 aliphatic heterocycles. The third kappa shape index (κ3) is 3.98. The van der Waals surface area contributed by atoms with Crippen LogP contribution >= 0.6 is 0 Å². The maximum Gasteiger partial charge on any atom is 0.321 e. The Bertz CT molecular complexity index is 938. The second kappa shape index (κ2) is 7.84. The van der Waals surface area contributed by atoms with E-state index in [-0.39, 0.29) is 6.03 Å². The molecule has 0 saturated carbocycles. The van der Waals surface area contributed by atoms with Crippen LogP contribution in [0, 0.1) is 20.8 Å². The number of hydrogen-bond acceptors (Lipinski definition) is 4. The molecule has 0 spiro atoms. The fourth-order valence-electron chi connectivity index (χ4n) is 3.22. The van der Waals surface area contributed by atoms with E-state index in [9.17, 15) is 4.79 Å². The highest BCUT2D eigenvalue weighted by Crippen LogP contribution is 2.24. The van der Waals surface area contributed by atoms with Gasteiger partial charge in [-0.05, 0) is 45.0 Å². The highest BCUT2D eigenvalue weighted by atomic mass is 16.5. The molecular weight excluding hydrogens is 344 g/mol. The summed E-state index contributed by atoms with van der Waals surface area (Å²) >= 11 is 0. The Morgan fingerprint density at radius 1 is 1.30 bits per heavy atom. The lowest BCUT2D eigenvalue weighted by Crippen LogP contribution is -2.31. The number of methoxy groups -OCH3 is 1. The van der Waals surface area contributed by atoms with E-state index < -0.39 is 0 Å². The molecule has 0 radical (unpaired) electrons. The van der Waals surface area contributed by atoms with Crippen LogP contribution in [-0.4, -0.2) is 41.4 Å². The van der Waals surface area contributed by atoms with Crippen LogP contribution in [0.25, 0.3) is 10.9 Å². The minimum atomic E-state index is -0.176. The van der Waals surface area contributed by atoms with Gasteiger partial charge in [0, 0.05) is 48.5 Å². The molecule has 0 fully saturated rings. The minimum Gasteiger partial charge on any atom is -0.383 e. The normalized spacial score (nSPS) is 11.1. The average Bonchev–Trinajstić information content (AvgIpc) is 3.12. The van der Waals surface area contributed by atoms with Gasteiger partial charge in [0.25, 0.3) is 0 Å². The molecule has 1 aromatic carbocycles. The molecule has 0 unspecified atom stereocenters. The zero-order valence-electron chi connectivity index (χ0n) is 16.5. The molecule has 7 nitrogen and oxygen atoms in total. The highest BCUT2D eigenvalue weighted by Gasteiger charge is 2.16. The van der Waals surface area contributed by atoms with Crippen LogP contribution in [0.4, 0.5) is 10.5 Å². The fourth-order valence-corrected chi connectivity index (χ4v) is 3.22. The molecule has 0 atom stereocenters. The number of hydrogen-bond donors (Lipinski definition) is 1. The van der Waals surface area contributed by atoms with Crippen LogP contribution in [0.1, 0.15) is 22.7 Å². The first-order valence-corrected chi connectivity index (χ1v) is 8.93. The van der Waals surface area contributed by atoms with Crippen molar-refractivity contribution in [1.82, 2.24) is 14.6 Å². The third-order valence-electron chi connectivity index (χ3n) is 4.80. The van der Waals surface area contributed by atoms with Crippen LogP contribution in [-0.2, 0) is 17.8 Å². The molecule has 3 rings (SSSR count). The lowest BCUT2D eigenvalue weighted by Gasteiger charge is -2.18. The molecule has 2 aromatic heterocycles. The first kappa shape index (κ1) is 19.0. The van der Waals surface area contributed by atoms with E-state index in [1.54, 1.807) is 19.1 Å². The Balaban J connectivity index is 1.73. The molecule has 1 N–H and O–H groups in total. The summed E-state index contributed by atoms with van der Waals surface area (Å²) < 4.78 is 12.6. The number of fused-ring (bicyclic) bond motifs is 1. The van der Waals surface area contributed by atoms with Crippen molar-refractivity contribution in [3.63, 3.8) is 0 Å². The van der Waals surface area contributed by atoms with Crippen LogP contribution < -0.4 is 5.32 Å². The molecule has 7 heteroatoms. The van der Waals surface area contributed by atoms with E-state index in [4.69, 9.17) is 9.26 Å². The molecule has 3 aromatic rings. The summed E-state index contributed by atoms with van der Waals surface area (Å²) in [6.45, 7) is 7.72. The summed E-state index contributed by atoms with van der Waals surface area (Å²) in [4.78, 5) is 14.2. The fraction of sp³-hybridized carbons (Fsp3) is 0.400. The number of amides is 2. The monoisotopic (exact) mass is 370 g/mol. The van der Waals surface area contributed by atoms with Gasteiger partial charge >= 0.3 is 6.03 Å². The number of anilines is 1. The molecule has 0 saturated heterocycles. The van der Waals surface area contributed by atoms with Gasteiger partial charge in [0.15, 0.2) is 0 Å². The van der Waals surface area contributed by atoms with E-state index in [1.807, 2.05) is 32.0 Å². The number of ether oxygens (including phenoxy) is 1. The van der Waals surface area contributed by atoms with Crippen molar-refractivity contribution in [2.24, 2.45) is 0 Å². The molecule has 0 aliphatic carbocycles. The van der Waals surface area contributed by atoms with Crippen LogP contribution in [0.3, 0.4) is 0 Å². The van der Waals surface area contributed by atoms with Crippen molar-refractivity contribution in [2.75, 3.05) is 26.1 Å². The lowest BCUT2D eigenvalue weighted by molar-refractivity contribution is 0.188. The summed E-state index contributed by atoms with van der Waals surface area (Å²) in [5, 5.41) is 7.99. The van der Waals surface area contributed by atoms with Gasteiger partial charge < -0.3 is 24.0 Å². The largest absolute Gasteiger partial charge is 0.383 e. The number of aryl methyl sites for hydroxylation is 3. The zero-order valence-corrected chi connectivity index (χ0v) is 16.5. The predicted molar refractivity (Wildman–Crippen MR) is 105 cm³/mol. The Hall–Kier alpha value is -2.80. The van der Waals surface area contributed by atoms with Gasteiger partial charge in [-0.15, -0.1) is 0 Å². The van der Waals surface area contributed by atoms with Crippen molar-refractivity contribution >= 4 is 22.6 Å². The number of nitrogens with one attached hydrogen (secondary N) is 1. The Morgan fingerprint density at radius 3 is 2.74 bits per heavy atom. The molecule has 0 aliphatic rings. The van der Waals surface area contributed by atoms with Crippen molar-refractivity contribution < 1.29 is 14.1 Å². The summed E-state index contributed by atoms with van der Waals surface area (Å²) in [6, 6.07) is 7.89. The maximum atomic E-state index is 12.6. The third-order valence-corrected chi connectivity index (χ3v) is 4.80. The molecule has 2 amide bonds. The number of benzene rings is 1. The number of urea groups is 1. The standard InChI is InChI=1S/C20H26N4O3/c1-13-10-16-11-17(6-7-19(16)24(13)8-9-26-5)21-20(25)23(4)12-18-14(2)22-27-15(18)3/h6-7,10-11H,8-9,12H2,1-5H3,(H,21,25). The Morgan fingerprint density at radius 2 is 2.07 bits per heavy atom. The maximum absolute atomic E-state index is 12.6. The predicted octanol–water partition coefficient (Wildman–Crippen LogP) is 3.86. The molecule has 2 heterocycles. The van der Waals surface area contributed by atoms with Crippen LogP contribution in [0.15, 0.2) is 28.8 Å². The van der Waals surface area contributed by atoms with Gasteiger partial charge in [0.1, 0.15) is 5.76 Å². The highest BCUT2D eigenvalue weighted by molar-refractivity contribution is 5.93. The smallest absolute Gasteiger partial charge is 0.321 e. The molecule has 0 bridgehead atoms. The lowest BCUT2D eigenvalue weighted by atomic mass is 10.2. The van der Waals surface area contributed by atoms with Crippen molar-refractivity contribution in [2.45, 2.75) is 33.9 Å². The second-order valence-electron chi connectivity index (χ2n) is 6.79. The average molecular weight is 370 g/mol. The van der Waals surface area contributed by atoms with E-state index >= 15 is 0 Å². The first-order valence-electron chi connectivity index (χ1n) is 8.93.